The lowest BCUT2D eigenvalue weighted by Gasteiger charge is -2.01. The third kappa shape index (κ3) is 2.05. The van der Waals surface area contributed by atoms with Gasteiger partial charge in [0.2, 0.25) is 0 Å². The van der Waals surface area contributed by atoms with Crippen LogP contribution >= 0.6 is 11.6 Å². The van der Waals surface area contributed by atoms with Crippen molar-refractivity contribution in [3.8, 4) is 17.3 Å². The molecule has 2 rings (SSSR count). The number of carbonyl (C=O) groups is 1. The summed E-state index contributed by atoms with van der Waals surface area (Å²) < 4.78 is 1.55. The average molecular weight is 246 g/mol. The van der Waals surface area contributed by atoms with E-state index in [1.165, 1.54) is 0 Å². The van der Waals surface area contributed by atoms with Gasteiger partial charge in [-0.15, -0.1) is 0 Å². The minimum Gasteiger partial charge on any atom is -0.298 e. The van der Waals surface area contributed by atoms with Gasteiger partial charge in [-0.3, -0.25) is 9.48 Å². The number of aldehydes is 1. The van der Waals surface area contributed by atoms with Crippen LogP contribution in [0.2, 0.25) is 5.02 Å². The van der Waals surface area contributed by atoms with Crippen molar-refractivity contribution in [1.82, 2.24) is 9.78 Å². The topological polar surface area (TPSA) is 58.7 Å². The Balaban J connectivity index is 2.61. The van der Waals surface area contributed by atoms with E-state index < -0.39 is 0 Å². The van der Waals surface area contributed by atoms with E-state index in [1.54, 1.807) is 36.1 Å². The van der Waals surface area contributed by atoms with Gasteiger partial charge in [0.15, 0.2) is 6.29 Å². The number of nitrogens with zero attached hydrogens (tertiary/aromatic N) is 3. The van der Waals surface area contributed by atoms with Gasteiger partial charge >= 0.3 is 0 Å². The summed E-state index contributed by atoms with van der Waals surface area (Å²) in [5.74, 6) is 0. The Morgan fingerprint density at radius 2 is 2.29 bits per heavy atom. The second-order valence-corrected chi connectivity index (χ2v) is 3.94. The molecule has 0 amide bonds. The molecule has 84 valence electrons. The van der Waals surface area contributed by atoms with Gasteiger partial charge in [0.25, 0.3) is 0 Å². The third-order valence-corrected chi connectivity index (χ3v) is 2.65. The zero-order valence-corrected chi connectivity index (χ0v) is 9.77. The summed E-state index contributed by atoms with van der Waals surface area (Å²) in [5, 5.41) is 13.3. The lowest BCUT2D eigenvalue weighted by molar-refractivity contribution is 0.112. The molecule has 17 heavy (non-hydrogen) atoms. The Labute approximate surface area is 103 Å². The Bertz CT molecular complexity index is 625. The maximum absolute atomic E-state index is 10.9. The SMILES string of the molecule is Cn1cc(C=O)c(-c2ccc(C#N)cc2Cl)n1. The highest BCUT2D eigenvalue weighted by Gasteiger charge is 2.12. The summed E-state index contributed by atoms with van der Waals surface area (Å²) in [6.45, 7) is 0. The van der Waals surface area contributed by atoms with Crippen molar-refractivity contribution in [2.45, 2.75) is 0 Å². The highest BCUT2D eigenvalue weighted by Crippen LogP contribution is 2.29. The summed E-state index contributed by atoms with van der Waals surface area (Å²) in [6, 6.07) is 6.89. The number of rotatable bonds is 2. The molecule has 0 unspecified atom stereocenters. The molecule has 0 aliphatic carbocycles. The van der Waals surface area contributed by atoms with Crippen LogP contribution in [0.3, 0.4) is 0 Å². The lowest BCUT2D eigenvalue weighted by atomic mass is 10.1. The number of hydrogen-bond donors (Lipinski definition) is 0. The molecule has 1 aromatic heterocycles. The van der Waals surface area contributed by atoms with Crippen LogP contribution in [0.4, 0.5) is 0 Å². The van der Waals surface area contributed by atoms with Gasteiger partial charge < -0.3 is 0 Å². The number of carbonyl (C=O) groups excluding carboxylic acids is 1. The molecular weight excluding hydrogens is 238 g/mol. The standard InChI is InChI=1S/C12H8ClN3O/c1-16-6-9(7-17)12(15-16)10-3-2-8(5-14)4-11(10)13/h2-4,6-7H,1H3. The maximum atomic E-state index is 10.9. The fourth-order valence-electron chi connectivity index (χ4n) is 1.58. The van der Waals surface area contributed by atoms with Crippen molar-refractivity contribution in [1.29, 1.82) is 5.26 Å². The van der Waals surface area contributed by atoms with Gasteiger partial charge in [0.1, 0.15) is 5.69 Å². The summed E-state index contributed by atoms with van der Waals surface area (Å²) in [5.41, 5.74) is 2.12. The number of aromatic nitrogens is 2. The van der Waals surface area contributed by atoms with Crippen LogP contribution in [0.5, 0.6) is 0 Å². The van der Waals surface area contributed by atoms with E-state index >= 15 is 0 Å². The number of benzene rings is 1. The molecule has 0 radical (unpaired) electrons. The van der Waals surface area contributed by atoms with E-state index in [2.05, 4.69) is 5.10 Å². The summed E-state index contributed by atoms with van der Waals surface area (Å²) in [7, 11) is 1.73. The van der Waals surface area contributed by atoms with Crippen LogP contribution in [0.1, 0.15) is 15.9 Å². The van der Waals surface area contributed by atoms with E-state index in [1.807, 2.05) is 6.07 Å². The molecule has 0 spiro atoms. The van der Waals surface area contributed by atoms with Gasteiger partial charge in [0, 0.05) is 18.8 Å². The molecule has 0 aliphatic heterocycles. The minimum atomic E-state index is 0.408. The van der Waals surface area contributed by atoms with E-state index in [9.17, 15) is 4.79 Å². The first-order valence-electron chi connectivity index (χ1n) is 4.84. The Morgan fingerprint density at radius 1 is 1.53 bits per heavy atom. The number of nitriles is 1. The molecule has 0 aliphatic rings. The molecule has 0 fully saturated rings. The number of aryl methyl sites for hydroxylation is 1. The van der Waals surface area contributed by atoms with Crippen LogP contribution < -0.4 is 0 Å². The van der Waals surface area contributed by atoms with Gasteiger partial charge in [0.05, 0.1) is 22.2 Å². The van der Waals surface area contributed by atoms with Crippen molar-refractivity contribution in [2.24, 2.45) is 7.05 Å². The molecule has 0 N–H and O–H groups in total. The molecular formula is C12H8ClN3O. The first-order valence-corrected chi connectivity index (χ1v) is 5.22. The minimum absolute atomic E-state index is 0.408. The first kappa shape index (κ1) is 11.4. The van der Waals surface area contributed by atoms with Gasteiger partial charge in [-0.1, -0.05) is 11.6 Å². The number of halogens is 1. The highest BCUT2D eigenvalue weighted by molar-refractivity contribution is 6.33. The monoisotopic (exact) mass is 245 g/mol. The molecule has 5 heteroatoms. The molecule has 1 aromatic carbocycles. The third-order valence-electron chi connectivity index (χ3n) is 2.34. The predicted molar refractivity (Wildman–Crippen MR) is 63.8 cm³/mol. The van der Waals surface area contributed by atoms with Crippen molar-refractivity contribution >= 4 is 17.9 Å². The molecule has 0 bridgehead atoms. The van der Waals surface area contributed by atoms with E-state index in [4.69, 9.17) is 16.9 Å². The summed E-state index contributed by atoms with van der Waals surface area (Å²) >= 11 is 6.06. The molecule has 0 atom stereocenters. The molecule has 0 saturated carbocycles. The zero-order valence-electron chi connectivity index (χ0n) is 9.01. The highest BCUT2D eigenvalue weighted by atomic mass is 35.5. The largest absolute Gasteiger partial charge is 0.298 e. The van der Waals surface area contributed by atoms with Crippen LogP contribution in [-0.4, -0.2) is 16.1 Å². The van der Waals surface area contributed by atoms with E-state index in [0.717, 1.165) is 6.29 Å². The molecule has 1 heterocycles. The van der Waals surface area contributed by atoms with Gasteiger partial charge in [-0.2, -0.15) is 10.4 Å². The van der Waals surface area contributed by atoms with Crippen molar-refractivity contribution in [3.05, 3.63) is 40.5 Å². The second-order valence-electron chi connectivity index (χ2n) is 3.53. The quantitative estimate of drug-likeness (QED) is 0.764. The van der Waals surface area contributed by atoms with Gasteiger partial charge in [-0.05, 0) is 18.2 Å². The second kappa shape index (κ2) is 4.40. The fraction of sp³-hybridized carbons (Fsp3) is 0.0833. The molecule has 2 aromatic rings. The first-order chi connectivity index (χ1) is 8.15. The van der Waals surface area contributed by atoms with Crippen LogP contribution in [0.15, 0.2) is 24.4 Å². The summed E-state index contributed by atoms with van der Waals surface area (Å²) in [6.07, 6.45) is 2.35. The van der Waals surface area contributed by atoms with Gasteiger partial charge in [-0.25, -0.2) is 0 Å². The average Bonchev–Trinajstić information content (AvgIpc) is 2.70. The maximum Gasteiger partial charge on any atom is 0.153 e. The van der Waals surface area contributed by atoms with Crippen LogP contribution in [-0.2, 0) is 7.05 Å². The van der Waals surface area contributed by atoms with Crippen molar-refractivity contribution in [2.75, 3.05) is 0 Å². The Kier molecular flexibility index (Phi) is 2.94. The molecule has 0 saturated heterocycles. The molecule has 4 nitrogen and oxygen atoms in total. The van der Waals surface area contributed by atoms with E-state index in [0.29, 0.717) is 27.4 Å². The lowest BCUT2D eigenvalue weighted by Crippen LogP contribution is -1.89. The Morgan fingerprint density at radius 3 is 2.88 bits per heavy atom. The smallest absolute Gasteiger partial charge is 0.153 e. The summed E-state index contributed by atoms with van der Waals surface area (Å²) in [4.78, 5) is 10.9. The van der Waals surface area contributed by atoms with Crippen LogP contribution in [0.25, 0.3) is 11.3 Å². The Hall–Kier alpha value is -2.12. The van der Waals surface area contributed by atoms with Crippen molar-refractivity contribution < 1.29 is 4.79 Å². The predicted octanol–water partition coefficient (Wildman–Crippen LogP) is 2.42. The van der Waals surface area contributed by atoms with Crippen LogP contribution in [0, 0.1) is 11.3 Å². The zero-order chi connectivity index (χ0) is 12.4. The van der Waals surface area contributed by atoms with Crippen molar-refractivity contribution in [3.63, 3.8) is 0 Å². The fourth-order valence-corrected chi connectivity index (χ4v) is 1.85. The number of hydrogen-bond acceptors (Lipinski definition) is 3. The van der Waals surface area contributed by atoms with E-state index in [-0.39, 0.29) is 0 Å². The normalized spacial score (nSPS) is 9.94.